The Labute approximate surface area is 131 Å². The number of carbonyl (C=O) groups is 1. The lowest BCUT2D eigenvalue weighted by Crippen LogP contribution is -2.41. The molecule has 0 aliphatic carbocycles. The van der Waals surface area contributed by atoms with E-state index in [0.29, 0.717) is 0 Å². The molecule has 106 valence electrons. The lowest BCUT2D eigenvalue weighted by molar-refractivity contribution is -0.152. The molecule has 0 aromatic heterocycles. The molecule has 0 radical (unpaired) electrons. The van der Waals surface area contributed by atoms with Crippen molar-refractivity contribution in [1.29, 1.82) is 0 Å². The van der Waals surface area contributed by atoms with E-state index in [1.54, 1.807) is 6.92 Å². The lowest BCUT2D eigenvalue weighted by Gasteiger charge is -2.25. The van der Waals surface area contributed by atoms with Gasteiger partial charge >= 0.3 is 5.97 Å². The minimum Gasteiger partial charge on any atom is -0.462 e. The number of nitrogens with two attached hydrogens (primary N) is 1. The molecule has 0 saturated heterocycles. The third kappa shape index (κ3) is 3.97. The zero-order chi connectivity index (χ0) is 14.6. The van der Waals surface area contributed by atoms with Crippen LogP contribution in [-0.4, -0.2) is 22.4 Å². The molecule has 0 amide bonds. The summed E-state index contributed by atoms with van der Waals surface area (Å²) in [6, 6.07) is 2.22. The predicted octanol–water partition coefficient (Wildman–Crippen LogP) is 3.49. The fraction of sp³-hybridized carbons (Fsp3) is 0.364. The molecule has 0 saturated carbocycles. The van der Waals surface area contributed by atoms with Crippen molar-refractivity contribution in [1.82, 2.24) is 0 Å². The zero-order valence-electron chi connectivity index (χ0n) is 9.88. The average Bonchev–Trinajstić information content (AvgIpc) is 2.36. The summed E-state index contributed by atoms with van der Waals surface area (Å²) in [5, 5.41) is 0.104. The number of halogens is 4. The van der Waals surface area contributed by atoms with Crippen molar-refractivity contribution < 1.29 is 18.7 Å². The van der Waals surface area contributed by atoms with Gasteiger partial charge in [0.2, 0.25) is 0 Å². The van der Waals surface area contributed by atoms with E-state index in [2.05, 4.69) is 31.9 Å². The molecular weight excluding hydrogens is 408 g/mol. The molecule has 1 atom stereocenters. The molecular formula is C11H11Br2ClFNO3. The van der Waals surface area contributed by atoms with E-state index >= 15 is 0 Å². The van der Waals surface area contributed by atoms with E-state index in [-0.39, 0.29) is 28.4 Å². The van der Waals surface area contributed by atoms with Crippen LogP contribution in [0.15, 0.2) is 12.1 Å². The highest BCUT2D eigenvalue weighted by atomic mass is 79.9. The molecule has 1 aromatic rings. The first-order valence-corrected chi connectivity index (χ1v) is 7.49. The van der Waals surface area contributed by atoms with Gasteiger partial charge in [-0.15, -0.1) is 0 Å². The van der Waals surface area contributed by atoms with Gasteiger partial charge in [0.25, 0.3) is 4.51 Å². The van der Waals surface area contributed by atoms with Crippen molar-refractivity contribution in [3.05, 3.63) is 23.0 Å². The van der Waals surface area contributed by atoms with E-state index in [1.165, 1.54) is 6.07 Å². The van der Waals surface area contributed by atoms with Crippen LogP contribution < -0.4 is 10.5 Å². The van der Waals surface area contributed by atoms with Gasteiger partial charge < -0.3 is 15.2 Å². The highest BCUT2D eigenvalue weighted by Gasteiger charge is 2.39. The number of hydrogen-bond donors (Lipinski definition) is 1. The molecule has 0 aliphatic heterocycles. The van der Waals surface area contributed by atoms with Gasteiger partial charge in [0.15, 0.2) is 0 Å². The molecule has 8 heteroatoms. The van der Waals surface area contributed by atoms with Crippen molar-refractivity contribution in [3.8, 4) is 5.75 Å². The number of benzene rings is 1. The average molecular weight is 419 g/mol. The van der Waals surface area contributed by atoms with E-state index in [0.717, 1.165) is 6.07 Å². The van der Waals surface area contributed by atoms with Crippen LogP contribution in [0.1, 0.15) is 6.92 Å². The molecule has 4 nitrogen and oxygen atoms in total. The topological polar surface area (TPSA) is 61.5 Å². The van der Waals surface area contributed by atoms with E-state index in [4.69, 9.17) is 26.8 Å². The Morgan fingerprint density at radius 1 is 1.58 bits per heavy atom. The summed E-state index contributed by atoms with van der Waals surface area (Å²) in [6.45, 7) is 1.87. The smallest absolute Gasteiger partial charge is 0.362 e. The van der Waals surface area contributed by atoms with Crippen molar-refractivity contribution >= 4 is 55.1 Å². The van der Waals surface area contributed by atoms with E-state index in [9.17, 15) is 9.18 Å². The summed E-state index contributed by atoms with van der Waals surface area (Å²) in [7, 11) is 0. The normalized spacial score (nSPS) is 13.7. The molecule has 1 rings (SSSR count). The Bertz CT molecular complexity index is 489. The lowest BCUT2D eigenvalue weighted by atomic mass is 10.3. The van der Waals surface area contributed by atoms with E-state index in [1.807, 2.05) is 0 Å². The largest absolute Gasteiger partial charge is 0.462 e. The van der Waals surface area contributed by atoms with Crippen LogP contribution >= 0.6 is 43.5 Å². The summed E-state index contributed by atoms with van der Waals surface area (Å²) >= 11 is 12.1. The van der Waals surface area contributed by atoms with Gasteiger partial charge in [0.05, 0.1) is 22.6 Å². The molecule has 1 unspecified atom stereocenters. The first-order chi connectivity index (χ1) is 8.84. The van der Waals surface area contributed by atoms with Crippen LogP contribution in [0.4, 0.5) is 10.1 Å². The molecule has 2 N–H and O–H groups in total. The number of esters is 1. The van der Waals surface area contributed by atoms with Gasteiger partial charge in [-0.1, -0.05) is 27.5 Å². The Balaban J connectivity index is 3.05. The van der Waals surface area contributed by atoms with Gasteiger partial charge in [-0.05, 0) is 28.9 Å². The molecule has 19 heavy (non-hydrogen) atoms. The van der Waals surface area contributed by atoms with Gasteiger partial charge in [-0.2, -0.15) is 0 Å². The monoisotopic (exact) mass is 417 g/mol. The third-order valence-electron chi connectivity index (χ3n) is 2.08. The molecule has 0 heterocycles. The number of ether oxygens (including phenoxy) is 2. The maximum atomic E-state index is 13.2. The van der Waals surface area contributed by atoms with Crippen molar-refractivity contribution in [3.63, 3.8) is 0 Å². The Morgan fingerprint density at radius 3 is 2.74 bits per heavy atom. The van der Waals surface area contributed by atoms with Crippen LogP contribution in [0.2, 0.25) is 5.02 Å². The fourth-order valence-corrected chi connectivity index (χ4v) is 1.98. The first-order valence-electron chi connectivity index (χ1n) is 5.19. The Hall–Kier alpha value is -0.530. The molecule has 0 spiro atoms. The minimum atomic E-state index is -1.46. The fourth-order valence-electron chi connectivity index (χ4n) is 1.16. The predicted molar refractivity (Wildman–Crippen MR) is 78.5 cm³/mol. The van der Waals surface area contributed by atoms with Gasteiger partial charge in [0.1, 0.15) is 11.6 Å². The maximum Gasteiger partial charge on any atom is 0.362 e. The van der Waals surface area contributed by atoms with Crippen LogP contribution in [0, 0.1) is 5.82 Å². The molecule has 0 bridgehead atoms. The second-order valence-corrected chi connectivity index (χ2v) is 5.74. The maximum absolute atomic E-state index is 13.2. The highest BCUT2D eigenvalue weighted by Crippen LogP contribution is 2.35. The standard InChI is InChI=1S/C11H11Br2ClFNO3/c1-2-18-10(17)11(13,5-12)19-9-4-8(16)7(15)3-6(9)14/h3-4H,2,5,16H2,1H3. The van der Waals surface area contributed by atoms with Crippen LogP contribution in [0.5, 0.6) is 5.75 Å². The van der Waals surface area contributed by atoms with Crippen molar-refractivity contribution in [2.24, 2.45) is 0 Å². The number of nitrogen functional groups attached to an aromatic ring is 1. The van der Waals surface area contributed by atoms with Crippen LogP contribution in [0.3, 0.4) is 0 Å². The summed E-state index contributed by atoms with van der Waals surface area (Å²) < 4.78 is 22.0. The Kier molecular flexibility index (Phi) is 5.88. The summed E-state index contributed by atoms with van der Waals surface area (Å²) in [6.07, 6.45) is 0. The third-order valence-corrected chi connectivity index (χ3v) is 4.68. The minimum absolute atomic E-state index is 0.000716. The van der Waals surface area contributed by atoms with Gasteiger partial charge in [-0.25, -0.2) is 9.18 Å². The van der Waals surface area contributed by atoms with Crippen molar-refractivity contribution in [2.45, 2.75) is 11.4 Å². The summed E-state index contributed by atoms with van der Waals surface area (Å²) in [4.78, 5) is 11.8. The van der Waals surface area contributed by atoms with Gasteiger partial charge in [0, 0.05) is 6.07 Å². The first kappa shape index (κ1) is 16.5. The molecule has 0 aliphatic rings. The quantitative estimate of drug-likeness (QED) is 0.451. The summed E-state index contributed by atoms with van der Waals surface area (Å²) in [5.41, 5.74) is 5.30. The second-order valence-electron chi connectivity index (χ2n) is 3.49. The number of carbonyl (C=O) groups excluding carboxylic acids is 1. The SMILES string of the molecule is CCOC(=O)C(Br)(CBr)Oc1cc(N)c(F)cc1Cl. The molecule has 1 aromatic carbocycles. The molecule has 0 fully saturated rings. The zero-order valence-corrected chi connectivity index (χ0v) is 13.8. The highest BCUT2D eigenvalue weighted by molar-refractivity contribution is 9.12. The van der Waals surface area contributed by atoms with Gasteiger partial charge in [-0.3, -0.25) is 0 Å². The number of alkyl halides is 2. The Morgan fingerprint density at radius 2 is 2.21 bits per heavy atom. The second kappa shape index (κ2) is 6.76. The number of anilines is 1. The van der Waals surface area contributed by atoms with E-state index < -0.39 is 16.3 Å². The number of hydrogen-bond acceptors (Lipinski definition) is 4. The summed E-state index contributed by atoms with van der Waals surface area (Å²) in [5.74, 6) is -1.22. The van der Waals surface area contributed by atoms with Crippen molar-refractivity contribution in [2.75, 3.05) is 17.7 Å². The number of rotatable bonds is 5. The van der Waals surface area contributed by atoms with Crippen LogP contribution in [-0.2, 0) is 9.53 Å². The van der Waals surface area contributed by atoms with Crippen LogP contribution in [0.25, 0.3) is 0 Å².